The maximum absolute atomic E-state index is 13.3. The second-order valence-electron chi connectivity index (χ2n) is 3.02. The van der Waals surface area contributed by atoms with Crippen LogP contribution in [0.25, 0.3) is 0 Å². The summed E-state index contributed by atoms with van der Waals surface area (Å²) in [6.45, 7) is 0. The van der Waals surface area contributed by atoms with E-state index in [1.54, 1.807) is 0 Å². The largest absolute Gasteiger partial charge is 0.469 e. The van der Waals surface area contributed by atoms with E-state index in [4.69, 9.17) is 5.26 Å². The van der Waals surface area contributed by atoms with Crippen LogP contribution in [0.4, 0.5) is 13.2 Å². The second kappa shape index (κ2) is 5.30. The van der Waals surface area contributed by atoms with Crippen molar-refractivity contribution in [3.63, 3.8) is 0 Å². The van der Waals surface area contributed by atoms with Crippen LogP contribution < -0.4 is 0 Å². The first-order valence-electron chi connectivity index (χ1n) is 4.44. The van der Waals surface area contributed by atoms with Crippen LogP contribution >= 0.6 is 0 Å². The number of aromatic nitrogens is 1. The Hall–Kier alpha value is -2.10. The van der Waals surface area contributed by atoms with Crippen molar-refractivity contribution in [3.8, 4) is 6.07 Å². The van der Waals surface area contributed by atoms with Crippen LogP contribution in [0.15, 0.2) is 6.07 Å². The van der Waals surface area contributed by atoms with E-state index in [1.165, 1.54) is 6.07 Å². The van der Waals surface area contributed by atoms with Gasteiger partial charge in [0, 0.05) is 6.07 Å². The van der Waals surface area contributed by atoms with Crippen molar-refractivity contribution in [2.45, 2.75) is 12.8 Å². The maximum Gasteiger partial charge on any atom is 0.311 e. The minimum Gasteiger partial charge on any atom is -0.469 e. The van der Waals surface area contributed by atoms with Gasteiger partial charge in [0.2, 0.25) is 0 Å². The molecule has 1 aromatic heterocycles. The lowest BCUT2D eigenvalue weighted by atomic mass is 10.1. The Morgan fingerprint density at radius 2 is 2.29 bits per heavy atom. The summed E-state index contributed by atoms with van der Waals surface area (Å²) in [7, 11) is 1.06. The van der Waals surface area contributed by atoms with Gasteiger partial charge in [-0.2, -0.15) is 5.26 Å². The Morgan fingerprint density at radius 1 is 1.65 bits per heavy atom. The molecule has 0 saturated carbocycles. The van der Waals surface area contributed by atoms with Crippen molar-refractivity contribution in [3.05, 3.63) is 28.8 Å². The number of esters is 1. The van der Waals surface area contributed by atoms with Crippen LogP contribution in [0.2, 0.25) is 0 Å². The van der Waals surface area contributed by atoms with Crippen LogP contribution in [-0.2, 0) is 16.0 Å². The fraction of sp³-hybridized carbons (Fsp3) is 0.300. The number of pyridine rings is 1. The van der Waals surface area contributed by atoms with Crippen LogP contribution in [0, 0.1) is 17.1 Å². The highest BCUT2D eigenvalue weighted by molar-refractivity contribution is 5.72. The van der Waals surface area contributed by atoms with Gasteiger partial charge in [0.1, 0.15) is 17.6 Å². The zero-order chi connectivity index (χ0) is 13.0. The van der Waals surface area contributed by atoms with Gasteiger partial charge in [-0.3, -0.25) is 4.79 Å². The van der Waals surface area contributed by atoms with Gasteiger partial charge < -0.3 is 4.74 Å². The van der Waals surface area contributed by atoms with Crippen LogP contribution in [0.1, 0.15) is 23.4 Å². The fourth-order valence-corrected chi connectivity index (χ4v) is 1.20. The smallest absolute Gasteiger partial charge is 0.311 e. The third-order valence-corrected chi connectivity index (χ3v) is 1.96. The highest BCUT2D eigenvalue weighted by Gasteiger charge is 2.22. The van der Waals surface area contributed by atoms with Crippen LogP contribution in [0.5, 0.6) is 0 Å². The van der Waals surface area contributed by atoms with Gasteiger partial charge in [-0.25, -0.2) is 18.2 Å². The first kappa shape index (κ1) is 13.0. The fourth-order valence-electron chi connectivity index (χ4n) is 1.20. The summed E-state index contributed by atoms with van der Waals surface area (Å²) in [6, 6.07) is 2.12. The lowest BCUT2D eigenvalue weighted by Gasteiger charge is -2.08. The molecule has 0 radical (unpaired) electrons. The lowest BCUT2D eigenvalue weighted by Crippen LogP contribution is -2.11. The second-order valence-corrected chi connectivity index (χ2v) is 3.02. The van der Waals surface area contributed by atoms with E-state index in [0.29, 0.717) is 6.07 Å². The monoisotopic (exact) mass is 244 g/mol. The first-order valence-corrected chi connectivity index (χ1v) is 4.44. The third-order valence-electron chi connectivity index (χ3n) is 1.96. The molecular weight excluding hydrogens is 237 g/mol. The molecule has 0 aliphatic carbocycles. The molecule has 7 heteroatoms. The Labute approximate surface area is 94.6 Å². The quantitative estimate of drug-likeness (QED) is 0.760. The number of nitrogens with zero attached hydrogens (tertiary/aromatic N) is 2. The lowest BCUT2D eigenvalue weighted by molar-refractivity contribution is -0.139. The summed E-state index contributed by atoms with van der Waals surface area (Å²) in [5.74, 6) is -2.10. The number of hydrogen-bond donors (Lipinski definition) is 0. The molecule has 0 fully saturated rings. The summed E-state index contributed by atoms with van der Waals surface area (Å²) in [5.41, 5.74) is -1.83. The molecule has 0 amide bonds. The van der Waals surface area contributed by atoms with Crippen molar-refractivity contribution in [1.82, 2.24) is 4.98 Å². The summed E-state index contributed by atoms with van der Waals surface area (Å²) in [5, 5.41) is 8.52. The molecule has 0 bridgehead atoms. The average Bonchev–Trinajstić information content (AvgIpc) is 2.27. The molecule has 0 aliphatic rings. The highest BCUT2D eigenvalue weighted by atomic mass is 19.3. The Morgan fingerprint density at radius 3 is 2.76 bits per heavy atom. The van der Waals surface area contributed by atoms with E-state index in [0.717, 1.165) is 7.11 Å². The number of carbonyl (C=O) groups is 1. The molecule has 1 aromatic rings. The number of halogens is 3. The molecule has 0 unspecified atom stereocenters. The molecule has 0 N–H and O–H groups in total. The highest BCUT2D eigenvalue weighted by Crippen LogP contribution is 2.25. The van der Waals surface area contributed by atoms with Gasteiger partial charge in [-0.1, -0.05) is 0 Å². The van der Waals surface area contributed by atoms with Crippen molar-refractivity contribution in [2.24, 2.45) is 0 Å². The van der Waals surface area contributed by atoms with Gasteiger partial charge in [0.15, 0.2) is 0 Å². The van der Waals surface area contributed by atoms with Crippen molar-refractivity contribution >= 4 is 5.97 Å². The van der Waals surface area contributed by atoms with E-state index in [9.17, 15) is 18.0 Å². The van der Waals surface area contributed by atoms with Crippen LogP contribution in [-0.4, -0.2) is 18.1 Å². The predicted octanol–water partition coefficient (Wildman–Crippen LogP) is 1.75. The number of hydrogen-bond acceptors (Lipinski definition) is 4. The van der Waals surface area contributed by atoms with Crippen LogP contribution in [0.3, 0.4) is 0 Å². The normalized spacial score (nSPS) is 10.1. The topological polar surface area (TPSA) is 63.0 Å². The zero-order valence-corrected chi connectivity index (χ0v) is 8.71. The summed E-state index contributed by atoms with van der Waals surface area (Å²) in [6.07, 6.45) is -3.72. The minimum absolute atomic E-state index is 0.370. The molecule has 4 nitrogen and oxygen atoms in total. The van der Waals surface area contributed by atoms with Crippen molar-refractivity contribution in [1.29, 1.82) is 5.26 Å². The molecule has 0 atom stereocenters. The molecule has 90 valence electrons. The Bertz CT molecular complexity index is 483. The van der Waals surface area contributed by atoms with Gasteiger partial charge in [0.25, 0.3) is 6.43 Å². The summed E-state index contributed by atoms with van der Waals surface area (Å²) < 4.78 is 42.7. The van der Waals surface area contributed by atoms with E-state index in [1.807, 2.05) is 0 Å². The Balaban J connectivity index is 3.28. The van der Waals surface area contributed by atoms with Gasteiger partial charge >= 0.3 is 5.97 Å². The number of alkyl halides is 2. The molecular formula is C10H7F3N2O2. The Kier molecular flexibility index (Phi) is 4.04. The molecule has 1 rings (SSSR count). The molecule has 17 heavy (non-hydrogen) atoms. The van der Waals surface area contributed by atoms with Crippen molar-refractivity contribution in [2.75, 3.05) is 7.11 Å². The molecule has 0 spiro atoms. The SMILES string of the molecule is COC(=O)Cc1nc(C#N)cc(F)c1C(F)F. The van der Waals surface area contributed by atoms with Gasteiger partial charge in [0.05, 0.1) is 24.8 Å². The van der Waals surface area contributed by atoms with Gasteiger partial charge in [-0.15, -0.1) is 0 Å². The number of methoxy groups -OCH3 is 1. The molecule has 0 aliphatic heterocycles. The van der Waals surface area contributed by atoms with Crippen molar-refractivity contribution < 1.29 is 22.7 Å². The third kappa shape index (κ3) is 2.93. The van der Waals surface area contributed by atoms with E-state index in [2.05, 4.69) is 9.72 Å². The number of rotatable bonds is 3. The number of ether oxygens (including phenoxy) is 1. The summed E-state index contributed by atoms with van der Waals surface area (Å²) >= 11 is 0. The predicted molar refractivity (Wildman–Crippen MR) is 49.6 cm³/mol. The van der Waals surface area contributed by atoms with E-state index >= 15 is 0 Å². The number of carbonyl (C=O) groups excluding carboxylic acids is 1. The first-order chi connectivity index (χ1) is 7.99. The molecule has 1 heterocycles. The zero-order valence-electron chi connectivity index (χ0n) is 8.71. The average molecular weight is 244 g/mol. The maximum atomic E-state index is 13.3. The van der Waals surface area contributed by atoms with E-state index in [-0.39, 0.29) is 5.69 Å². The minimum atomic E-state index is -3.12. The van der Waals surface area contributed by atoms with E-state index < -0.39 is 35.9 Å². The molecule has 0 saturated heterocycles. The number of nitriles is 1. The standard InChI is InChI=1S/C10H7F3N2O2/c1-17-8(16)3-7-9(10(12)13)6(11)2-5(4-14)15-7/h2,10H,3H2,1H3. The summed E-state index contributed by atoms with van der Waals surface area (Å²) in [4.78, 5) is 14.4. The molecule has 0 aromatic carbocycles. The van der Waals surface area contributed by atoms with Gasteiger partial charge in [-0.05, 0) is 0 Å².